The van der Waals surface area contributed by atoms with Crippen LogP contribution in [0.1, 0.15) is 11.7 Å². The Labute approximate surface area is 83.6 Å². The van der Waals surface area contributed by atoms with E-state index in [1.165, 1.54) is 0 Å². The van der Waals surface area contributed by atoms with Gasteiger partial charge in [0.05, 0.1) is 6.61 Å². The largest absolute Gasteiger partial charge is 0.491 e. The van der Waals surface area contributed by atoms with E-state index in [9.17, 15) is 4.39 Å². The van der Waals surface area contributed by atoms with Gasteiger partial charge in [-0.05, 0) is 24.6 Å². The molecule has 0 N–H and O–H groups in total. The van der Waals surface area contributed by atoms with Gasteiger partial charge in [-0.2, -0.15) is 0 Å². The Hall–Kier alpha value is -1.09. The van der Waals surface area contributed by atoms with Crippen LogP contribution in [0.3, 0.4) is 0 Å². The van der Waals surface area contributed by atoms with Crippen LogP contribution < -0.4 is 4.74 Å². The maximum absolute atomic E-state index is 12.8. The molecule has 1 unspecified atom stereocenters. The molecule has 0 saturated heterocycles. The molecule has 2 nitrogen and oxygen atoms in total. The van der Waals surface area contributed by atoms with Gasteiger partial charge in [0, 0.05) is 7.11 Å². The highest BCUT2D eigenvalue weighted by Crippen LogP contribution is 2.20. The van der Waals surface area contributed by atoms with Crippen molar-refractivity contribution >= 4 is 0 Å². The summed E-state index contributed by atoms with van der Waals surface area (Å²) >= 11 is 0. The zero-order chi connectivity index (χ0) is 10.4. The summed E-state index contributed by atoms with van der Waals surface area (Å²) in [6.07, 6.45) is -1.21. The summed E-state index contributed by atoms with van der Waals surface area (Å²) in [7, 11) is 1.60. The molecule has 0 amide bonds. The average molecular weight is 197 g/mol. The summed E-state index contributed by atoms with van der Waals surface area (Å²) in [6.45, 7) is 4.29. The molecule has 0 aliphatic carbocycles. The summed E-state index contributed by atoms with van der Waals surface area (Å²) < 4.78 is 23.0. The fourth-order valence-corrected chi connectivity index (χ4v) is 1.04. The van der Waals surface area contributed by atoms with Crippen LogP contribution in [0.4, 0.5) is 4.39 Å². The minimum atomic E-state index is -1.21. The van der Waals surface area contributed by atoms with Crippen molar-refractivity contribution in [3.05, 3.63) is 36.8 Å². The van der Waals surface area contributed by atoms with E-state index >= 15 is 0 Å². The van der Waals surface area contributed by atoms with Crippen molar-refractivity contribution in [2.75, 3.05) is 20.3 Å². The Balaban J connectivity index is 2.55. The van der Waals surface area contributed by atoms with Gasteiger partial charge < -0.3 is 9.47 Å². The van der Waals surface area contributed by atoms with Gasteiger partial charge in [0.1, 0.15) is 18.5 Å². The second-order valence-corrected chi connectivity index (χ2v) is 2.88. The predicted octanol–water partition coefficient (Wildman–Crippen LogP) is 2.56. The number of hydrogen-bond donors (Lipinski definition) is 0. The van der Waals surface area contributed by atoms with Crippen LogP contribution in [0, 0.1) is 6.92 Å². The van der Waals surface area contributed by atoms with Crippen LogP contribution in [-0.2, 0) is 4.74 Å². The number of halogens is 1. The van der Waals surface area contributed by atoms with Gasteiger partial charge >= 0.3 is 0 Å². The molecule has 3 heteroatoms. The van der Waals surface area contributed by atoms with E-state index in [2.05, 4.69) is 6.92 Å². The molecule has 1 aromatic rings. The first-order chi connectivity index (χ1) is 6.74. The SMILES string of the molecule is [CH2]C(F)c1cccc(OCCOC)c1. The van der Waals surface area contributed by atoms with E-state index < -0.39 is 6.17 Å². The lowest BCUT2D eigenvalue weighted by molar-refractivity contribution is 0.146. The standard InChI is InChI=1S/C11H14FO2/c1-9(12)10-4-3-5-11(8-10)14-7-6-13-2/h3-5,8-9H,1,6-7H2,2H3. The second kappa shape index (κ2) is 5.60. The normalized spacial score (nSPS) is 12.5. The average Bonchev–Trinajstić information content (AvgIpc) is 2.19. The van der Waals surface area contributed by atoms with Gasteiger partial charge in [0.25, 0.3) is 0 Å². The van der Waals surface area contributed by atoms with Crippen LogP contribution in [0.2, 0.25) is 0 Å². The van der Waals surface area contributed by atoms with Crippen LogP contribution >= 0.6 is 0 Å². The van der Waals surface area contributed by atoms with E-state index in [4.69, 9.17) is 9.47 Å². The van der Waals surface area contributed by atoms with E-state index in [0.29, 0.717) is 24.5 Å². The monoisotopic (exact) mass is 197 g/mol. The van der Waals surface area contributed by atoms with Gasteiger partial charge in [-0.25, -0.2) is 4.39 Å². The maximum Gasteiger partial charge on any atom is 0.125 e. The van der Waals surface area contributed by atoms with Crippen LogP contribution in [0.5, 0.6) is 5.75 Å². The zero-order valence-electron chi connectivity index (χ0n) is 8.20. The van der Waals surface area contributed by atoms with Crippen molar-refractivity contribution < 1.29 is 13.9 Å². The Bertz CT molecular complexity index is 274. The highest BCUT2D eigenvalue weighted by molar-refractivity contribution is 5.30. The third-order valence-corrected chi connectivity index (χ3v) is 1.78. The molecule has 1 radical (unpaired) electrons. The second-order valence-electron chi connectivity index (χ2n) is 2.88. The molecule has 0 aliphatic heterocycles. The first-order valence-corrected chi connectivity index (χ1v) is 4.43. The first-order valence-electron chi connectivity index (χ1n) is 4.43. The first kappa shape index (κ1) is 11.0. The Morgan fingerprint density at radius 3 is 2.86 bits per heavy atom. The minimum absolute atomic E-state index is 0.466. The van der Waals surface area contributed by atoms with Crippen molar-refractivity contribution in [2.24, 2.45) is 0 Å². The summed E-state index contributed by atoms with van der Waals surface area (Å²) in [5.74, 6) is 0.644. The van der Waals surface area contributed by atoms with Crippen LogP contribution in [0.25, 0.3) is 0 Å². The molecule has 0 bridgehead atoms. The molecule has 77 valence electrons. The molecule has 1 atom stereocenters. The lowest BCUT2D eigenvalue weighted by atomic mass is 10.1. The third kappa shape index (κ3) is 3.34. The Kier molecular flexibility index (Phi) is 4.40. The highest BCUT2D eigenvalue weighted by Gasteiger charge is 2.03. The van der Waals surface area contributed by atoms with Gasteiger partial charge in [-0.15, -0.1) is 0 Å². The lowest BCUT2D eigenvalue weighted by Gasteiger charge is -2.07. The Morgan fingerprint density at radius 2 is 2.21 bits per heavy atom. The molecule has 0 aliphatic rings. The van der Waals surface area contributed by atoms with E-state index in [0.717, 1.165) is 0 Å². The molecule has 1 rings (SSSR count). The molecule has 0 aromatic heterocycles. The summed E-state index contributed by atoms with van der Waals surface area (Å²) in [4.78, 5) is 0. The summed E-state index contributed by atoms with van der Waals surface area (Å²) in [5.41, 5.74) is 0.528. The summed E-state index contributed by atoms with van der Waals surface area (Å²) in [5, 5.41) is 0. The molecule has 1 aromatic carbocycles. The quantitative estimate of drug-likeness (QED) is 0.675. The number of methoxy groups -OCH3 is 1. The van der Waals surface area contributed by atoms with Crippen molar-refractivity contribution in [3.8, 4) is 5.75 Å². The van der Waals surface area contributed by atoms with Crippen molar-refractivity contribution in [2.45, 2.75) is 6.17 Å². The molecular weight excluding hydrogens is 183 g/mol. The molecular formula is C11H14FO2. The van der Waals surface area contributed by atoms with Crippen molar-refractivity contribution in [1.82, 2.24) is 0 Å². The van der Waals surface area contributed by atoms with Gasteiger partial charge in [0.2, 0.25) is 0 Å². The minimum Gasteiger partial charge on any atom is -0.491 e. The smallest absolute Gasteiger partial charge is 0.125 e. The number of hydrogen-bond acceptors (Lipinski definition) is 2. The third-order valence-electron chi connectivity index (χ3n) is 1.78. The predicted molar refractivity (Wildman–Crippen MR) is 53.0 cm³/mol. The number of ether oxygens (including phenoxy) is 2. The van der Waals surface area contributed by atoms with Gasteiger partial charge in [0.15, 0.2) is 0 Å². The molecule has 14 heavy (non-hydrogen) atoms. The van der Waals surface area contributed by atoms with E-state index in [1.807, 2.05) is 0 Å². The fourth-order valence-electron chi connectivity index (χ4n) is 1.04. The van der Waals surface area contributed by atoms with Crippen LogP contribution in [-0.4, -0.2) is 20.3 Å². The molecule has 0 spiro atoms. The highest BCUT2D eigenvalue weighted by atomic mass is 19.1. The van der Waals surface area contributed by atoms with Crippen molar-refractivity contribution in [1.29, 1.82) is 0 Å². The number of rotatable bonds is 5. The Morgan fingerprint density at radius 1 is 1.43 bits per heavy atom. The summed E-state index contributed by atoms with van der Waals surface area (Å²) in [6, 6.07) is 6.85. The number of benzene rings is 1. The van der Waals surface area contributed by atoms with Gasteiger partial charge in [-0.3, -0.25) is 0 Å². The lowest BCUT2D eigenvalue weighted by Crippen LogP contribution is -2.04. The molecule has 0 saturated carbocycles. The maximum atomic E-state index is 12.8. The number of alkyl halides is 1. The van der Waals surface area contributed by atoms with Gasteiger partial charge in [-0.1, -0.05) is 12.1 Å². The van der Waals surface area contributed by atoms with E-state index in [-0.39, 0.29) is 0 Å². The molecule has 0 heterocycles. The fraction of sp³-hybridized carbons (Fsp3) is 0.364. The molecule has 0 fully saturated rings. The van der Waals surface area contributed by atoms with Crippen LogP contribution in [0.15, 0.2) is 24.3 Å². The topological polar surface area (TPSA) is 18.5 Å². The van der Waals surface area contributed by atoms with E-state index in [1.54, 1.807) is 31.4 Å². The van der Waals surface area contributed by atoms with Crippen molar-refractivity contribution in [3.63, 3.8) is 0 Å². The zero-order valence-corrected chi connectivity index (χ0v) is 8.20.